The molecule has 0 amide bonds. The van der Waals surface area contributed by atoms with Crippen LogP contribution in [0, 0.1) is 0 Å². The minimum atomic E-state index is -1.80. The lowest BCUT2D eigenvalue weighted by molar-refractivity contribution is -0.172. The van der Waals surface area contributed by atoms with Crippen molar-refractivity contribution >= 4 is 11.8 Å². The van der Waals surface area contributed by atoms with Crippen LogP contribution in [0.1, 0.15) is 104 Å². The molecule has 0 bridgehead atoms. The molecule has 0 saturated heterocycles. The molecule has 7 heteroatoms. The summed E-state index contributed by atoms with van der Waals surface area (Å²) in [4.78, 5) is 23.6. The van der Waals surface area contributed by atoms with E-state index in [0.717, 1.165) is 39.0 Å². The quantitative estimate of drug-likeness (QED) is 0.118. The van der Waals surface area contributed by atoms with Crippen LogP contribution < -0.4 is 0 Å². The molecule has 0 radical (unpaired) electrons. The molecule has 4 atom stereocenters. The summed E-state index contributed by atoms with van der Waals surface area (Å²) in [5, 5.41) is 37.9. The fraction of sp³-hybridized carbons (Fsp3) is 0.840. The molecule has 0 spiro atoms. The molecular formula is C25H46O7. The van der Waals surface area contributed by atoms with Gasteiger partial charge in [0.05, 0.1) is 6.61 Å². The van der Waals surface area contributed by atoms with Crippen LogP contribution in [0.25, 0.3) is 0 Å². The van der Waals surface area contributed by atoms with E-state index in [1.165, 1.54) is 44.9 Å². The number of hydrogen-bond acceptors (Lipinski definition) is 7. The van der Waals surface area contributed by atoms with Gasteiger partial charge in [-0.2, -0.15) is 0 Å². The monoisotopic (exact) mass is 458 g/mol. The van der Waals surface area contributed by atoms with Gasteiger partial charge < -0.3 is 25.2 Å². The first-order valence-electron chi connectivity index (χ1n) is 12.3. The highest BCUT2D eigenvalue weighted by Crippen LogP contribution is 2.13. The van der Waals surface area contributed by atoms with Gasteiger partial charge in [0.1, 0.15) is 18.3 Å². The fourth-order valence-electron chi connectivity index (χ4n) is 3.45. The lowest BCUT2D eigenvalue weighted by Crippen LogP contribution is -2.49. The number of esters is 1. The molecule has 0 rings (SSSR count). The zero-order valence-electron chi connectivity index (χ0n) is 20.1. The minimum Gasteiger partial charge on any atom is -0.451 e. The molecule has 188 valence electrons. The topological polar surface area (TPSA) is 124 Å². The Morgan fingerprint density at radius 3 is 1.78 bits per heavy atom. The molecule has 4 N–H and O–H groups in total. The smallest absolute Gasteiger partial charge is 0.306 e. The number of aliphatic hydroxyl groups excluding tert-OH is 4. The van der Waals surface area contributed by atoms with Gasteiger partial charge in [0.2, 0.25) is 0 Å². The normalized spacial score (nSPS) is 15.4. The number of hydrogen-bond donors (Lipinski definition) is 4. The average molecular weight is 459 g/mol. The fourth-order valence-corrected chi connectivity index (χ4v) is 3.45. The third-order valence-electron chi connectivity index (χ3n) is 5.54. The molecule has 0 aromatic heterocycles. The standard InChI is InChI=1S/C25H46O7/c1-3-4-5-6-7-8-9-10-11-12-13-14-15-16-17-18-22(29)32-25(20(2)27)24(31)23(30)21(28)19-26/h10-11,21,23-26,28,30-31H,3-9,12-19H2,1-2H3/b11-10-/t21-,23-,24+,25+/m1/s1. The number of carbonyl (C=O) groups is 2. The second-order valence-corrected chi connectivity index (χ2v) is 8.59. The third-order valence-corrected chi connectivity index (χ3v) is 5.54. The van der Waals surface area contributed by atoms with Crippen molar-refractivity contribution < 1.29 is 34.8 Å². The van der Waals surface area contributed by atoms with Gasteiger partial charge in [-0.05, 0) is 39.0 Å². The maximum absolute atomic E-state index is 12.0. The largest absolute Gasteiger partial charge is 0.451 e. The lowest BCUT2D eigenvalue weighted by Gasteiger charge is -2.27. The minimum absolute atomic E-state index is 0.118. The zero-order chi connectivity index (χ0) is 24.2. The molecular weight excluding hydrogens is 412 g/mol. The van der Waals surface area contributed by atoms with Crippen LogP contribution >= 0.6 is 0 Å². The summed E-state index contributed by atoms with van der Waals surface area (Å²) in [6.45, 7) is 2.57. The highest BCUT2D eigenvalue weighted by Gasteiger charge is 2.36. The van der Waals surface area contributed by atoms with Gasteiger partial charge in [-0.1, -0.05) is 70.4 Å². The van der Waals surface area contributed by atoms with Crippen molar-refractivity contribution in [3.8, 4) is 0 Å². The van der Waals surface area contributed by atoms with Crippen molar-refractivity contribution in [1.29, 1.82) is 0 Å². The number of carbonyl (C=O) groups excluding carboxylic acids is 2. The number of Topliss-reactive ketones (excluding diaryl/α,β-unsaturated/α-hetero) is 1. The first-order chi connectivity index (χ1) is 15.3. The van der Waals surface area contributed by atoms with E-state index in [1.807, 2.05) is 0 Å². The zero-order valence-corrected chi connectivity index (χ0v) is 20.1. The van der Waals surface area contributed by atoms with Gasteiger partial charge in [0.15, 0.2) is 11.9 Å². The Bertz CT molecular complexity index is 507. The Labute approximate surface area is 193 Å². The summed E-state index contributed by atoms with van der Waals surface area (Å²) in [7, 11) is 0. The van der Waals surface area contributed by atoms with E-state index < -0.39 is 42.8 Å². The molecule has 7 nitrogen and oxygen atoms in total. The lowest BCUT2D eigenvalue weighted by atomic mass is 10.0. The first kappa shape index (κ1) is 30.7. The van der Waals surface area contributed by atoms with E-state index in [0.29, 0.717) is 6.42 Å². The van der Waals surface area contributed by atoms with Crippen molar-refractivity contribution in [2.24, 2.45) is 0 Å². The van der Waals surface area contributed by atoms with Crippen molar-refractivity contribution in [3.05, 3.63) is 12.2 Å². The molecule has 0 aliphatic rings. The van der Waals surface area contributed by atoms with Crippen LogP contribution in [0.15, 0.2) is 12.2 Å². The predicted molar refractivity (Wildman–Crippen MR) is 125 cm³/mol. The molecule has 0 aliphatic heterocycles. The van der Waals surface area contributed by atoms with E-state index in [4.69, 9.17) is 9.84 Å². The van der Waals surface area contributed by atoms with Crippen LogP contribution in [0.4, 0.5) is 0 Å². The molecule has 32 heavy (non-hydrogen) atoms. The SMILES string of the molecule is CCCCCCCC/C=C\CCCCCCCC(=O)O[C@@H](C(C)=O)[C@@H](O)[C@H](O)[C@H](O)CO. The van der Waals surface area contributed by atoms with E-state index in [1.54, 1.807) is 0 Å². The van der Waals surface area contributed by atoms with Gasteiger partial charge in [0, 0.05) is 6.42 Å². The van der Waals surface area contributed by atoms with Gasteiger partial charge >= 0.3 is 5.97 Å². The van der Waals surface area contributed by atoms with Gasteiger partial charge in [-0.15, -0.1) is 0 Å². The second-order valence-electron chi connectivity index (χ2n) is 8.59. The predicted octanol–water partition coefficient (Wildman–Crippen LogP) is 3.60. The summed E-state index contributed by atoms with van der Waals surface area (Å²) in [6.07, 6.45) is 12.8. The number of aliphatic hydroxyl groups is 4. The summed E-state index contributed by atoms with van der Waals surface area (Å²) >= 11 is 0. The summed E-state index contributed by atoms with van der Waals surface area (Å²) in [5.41, 5.74) is 0. The van der Waals surface area contributed by atoms with Gasteiger partial charge in [0.25, 0.3) is 0 Å². The number of ketones is 1. The second kappa shape index (κ2) is 20.3. The molecule has 0 heterocycles. The third kappa shape index (κ3) is 15.5. The number of unbranched alkanes of at least 4 members (excludes halogenated alkanes) is 11. The van der Waals surface area contributed by atoms with E-state index in [-0.39, 0.29) is 6.42 Å². The van der Waals surface area contributed by atoms with E-state index in [9.17, 15) is 24.9 Å². The molecule has 0 aromatic carbocycles. The Kier molecular flexibility index (Phi) is 19.5. The van der Waals surface area contributed by atoms with Crippen molar-refractivity contribution in [2.75, 3.05) is 6.61 Å². The average Bonchev–Trinajstić information content (AvgIpc) is 2.78. The van der Waals surface area contributed by atoms with Crippen LogP contribution in [0.3, 0.4) is 0 Å². The number of rotatable bonds is 21. The van der Waals surface area contributed by atoms with Crippen molar-refractivity contribution in [3.63, 3.8) is 0 Å². The highest BCUT2D eigenvalue weighted by molar-refractivity contribution is 5.84. The molecule has 0 unspecified atom stereocenters. The Hall–Kier alpha value is -1.28. The summed E-state index contributed by atoms with van der Waals surface area (Å²) in [5.74, 6) is -1.27. The van der Waals surface area contributed by atoms with Crippen LogP contribution in [-0.4, -0.2) is 63.2 Å². The molecule has 0 aliphatic carbocycles. The van der Waals surface area contributed by atoms with Crippen LogP contribution in [-0.2, 0) is 14.3 Å². The van der Waals surface area contributed by atoms with Gasteiger partial charge in [-0.25, -0.2) is 0 Å². The highest BCUT2D eigenvalue weighted by atomic mass is 16.6. The van der Waals surface area contributed by atoms with Gasteiger partial charge in [-0.3, -0.25) is 9.59 Å². The van der Waals surface area contributed by atoms with Crippen molar-refractivity contribution in [2.45, 2.75) is 128 Å². The maximum Gasteiger partial charge on any atom is 0.306 e. The Balaban J connectivity index is 3.83. The first-order valence-corrected chi connectivity index (χ1v) is 12.3. The van der Waals surface area contributed by atoms with Crippen LogP contribution in [0.2, 0.25) is 0 Å². The van der Waals surface area contributed by atoms with Crippen LogP contribution in [0.5, 0.6) is 0 Å². The Morgan fingerprint density at radius 2 is 1.28 bits per heavy atom. The molecule has 0 fully saturated rings. The van der Waals surface area contributed by atoms with E-state index in [2.05, 4.69) is 19.1 Å². The van der Waals surface area contributed by atoms with E-state index >= 15 is 0 Å². The molecule has 0 saturated carbocycles. The number of ether oxygens (including phenoxy) is 1. The summed E-state index contributed by atoms with van der Waals surface area (Å²) < 4.78 is 5.01. The maximum atomic E-state index is 12.0. The summed E-state index contributed by atoms with van der Waals surface area (Å²) in [6, 6.07) is 0. The molecule has 0 aromatic rings. The number of allylic oxidation sites excluding steroid dienone is 2. The van der Waals surface area contributed by atoms with Crippen molar-refractivity contribution in [1.82, 2.24) is 0 Å². The Morgan fingerprint density at radius 1 is 0.781 bits per heavy atom.